The largest absolute Gasteiger partial charge is 0.355 e. The van der Waals surface area contributed by atoms with Crippen molar-refractivity contribution < 1.29 is 14.4 Å². The summed E-state index contributed by atoms with van der Waals surface area (Å²) in [6.45, 7) is 5.84. The van der Waals surface area contributed by atoms with Crippen LogP contribution in [0.15, 0.2) is 0 Å². The highest BCUT2D eigenvalue weighted by Crippen LogP contribution is 2.19. The molecule has 104 valence electrons. The lowest BCUT2D eigenvalue weighted by Crippen LogP contribution is -2.32. The van der Waals surface area contributed by atoms with Crippen LogP contribution < -0.4 is 5.32 Å². The highest BCUT2D eigenvalue weighted by atomic mass is 32.2. The molecule has 4 nitrogen and oxygen atoms in total. The summed E-state index contributed by atoms with van der Waals surface area (Å²) in [5.74, 6) is 0.531. The van der Waals surface area contributed by atoms with E-state index in [1.807, 2.05) is 6.92 Å². The molecule has 0 bridgehead atoms. The minimum Gasteiger partial charge on any atom is -0.355 e. The maximum atomic E-state index is 11.4. The van der Waals surface area contributed by atoms with Crippen LogP contribution in [-0.2, 0) is 14.4 Å². The van der Waals surface area contributed by atoms with Crippen molar-refractivity contribution in [2.24, 2.45) is 0 Å². The van der Waals surface area contributed by atoms with E-state index in [0.29, 0.717) is 31.6 Å². The summed E-state index contributed by atoms with van der Waals surface area (Å²) < 4.78 is 0. The van der Waals surface area contributed by atoms with Crippen molar-refractivity contribution in [3.63, 3.8) is 0 Å². The van der Waals surface area contributed by atoms with Crippen molar-refractivity contribution in [3.8, 4) is 0 Å². The first kappa shape index (κ1) is 17.5. The zero-order chi connectivity index (χ0) is 14.0. The minimum atomic E-state index is -0.0338. The van der Waals surface area contributed by atoms with Crippen LogP contribution >= 0.6 is 23.5 Å². The fraction of sp³-hybridized carbons (Fsp3) is 0.750. The fourth-order valence-corrected chi connectivity index (χ4v) is 2.92. The molecule has 0 aromatic rings. The number of amides is 1. The number of nitrogens with one attached hydrogen (secondary N) is 1. The summed E-state index contributed by atoms with van der Waals surface area (Å²) >= 11 is 2.46. The van der Waals surface area contributed by atoms with Crippen molar-refractivity contribution >= 4 is 39.7 Å². The van der Waals surface area contributed by atoms with E-state index in [-0.39, 0.29) is 21.4 Å². The van der Waals surface area contributed by atoms with Crippen molar-refractivity contribution in [1.82, 2.24) is 5.32 Å². The van der Waals surface area contributed by atoms with Crippen LogP contribution in [0.3, 0.4) is 0 Å². The van der Waals surface area contributed by atoms with Crippen LogP contribution in [-0.4, -0.2) is 33.7 Å². The highest BCUT2D eigenvalue weighted by Gasteiger charge is 2.16. The number of carbonyl (C=O) groups is 3. The average Bonchev–Trinajstić information content (AvgIpc) is 2.40. The molecule has 0 radical (unpaired) electrons. The third kappa shape index (κ3) is 8.58. The molecule has 1 amide bonds. The van der Waals surface area contributed by atoms with Crippen LogP contribution in [0.4, 0.5) is 0 Å². The average molecular weight is 291 g/mol. The van der Waals surface area contributed by atoms with Crippen LogP contribution in [0.5, 0.6) is 0 Å². The van der Waals surface area contributed by atoms with Crippen LogP contribution in [0.2, 0.25) is 0 Å². The van der Waals surface area contributed by atoms with Gasteiger partial charge in [-0.15, -0.1) is 0 Å². The van der Waals surface area contributed by atoms with Gasteiger partial charge in [0.1, 0.15) is 0 Å². The van der Waals surface area contributed by atoms with Gasteiger partial charge in [0.05, 0.1) is 0 Å². The van der Waals surface area contributed by atoms with Crippen molar-refractivity contribution in [2.45, 2.75) is 45.3 Å². The molecule has 0 saturated heterocycles. The molecule has 6 heteroatoms. The molecule has 1 unspecified atom stereocenters. The predicted molar refractivity (Wildman–Crippen MR) is 77.7 cm³/mol. The molecular formula is C12H21NO3S2. The Morgan fingerprint density at radius 3 is 2.11 bits per heavy atom. The van der Waals surface area contributed by atoms with Crippen molar-refractivity contribution in [3.05, 3.63) is 0 Å². The molecule has 1 N–H and O–H groups in total. The Labute approximate surface area is 117 Å². The first-order chi connectivity index (χ1) is 8.53. The van der Waals surface area contributed by atoms with Crippen molar-refractivity contribution in [1.29, 1.82) is 0 Å². The zero-order valence-electron chi connectivity index (χ0n) is 11.2. The fourth-order valence-electron chi connectivity index (χ4n) is 1.04. The molecule has 0 rings (SSSR count). The van der Waals surface area contributed by atoms with E-state index in [9.17, 15) is 14.4 Å². The van der Waals surface area contributed by atoms with E-state index in [1.54, 1.807) is 13.8 Å². The third-order valence-electron chi connectivity index (χ3n) is 2.15. The topological polar surface area (TPSA) is 63.2 Å². The van der Waals surface area contributed by atoms with Gasteiger partial charge in [0, 0.05) is 36.8 Å². The summed E-state index contributed by atoms with van der Waals surface area (Å²) in [7, 11) is 0. The summed E-state index contributed by atoms with van der Waals surface area (Å²) in [6.07, 6.45) is 1.39. The monoisotopic (exact) mass is 291 g/mol. The lowest BCUT2D eigenvalue weighted by atomic mass is 10.4. The van der Waals surface area contributed by atoms with E-state index in [4.69, 9.17) is 0 Å². The lowest BCUT2D eigenvalue weighted by Gasteiger charge is -2.15. The van der Waals surface area contributed by atoms with Gasteiger partial charge < -0.3 is 5.32 Å². The normalized spacial score (nSPS) is 11.9. The van der Waals surface area contributed by atoms with E-state index < -0.39 is 0 Å². The van der Waals surface area contributed by atoms with E-state index in [0.717, 1.165) is 0 Å². The van der Waals surface area contributed by atoms with Gasteiger partial charge in [0.15, 0.2) is 10.2 Å². The summed E-state index contributed by atoms with van der Waals surface area (Å²) in [5, 5.41) is 2.94. The molecule has 1 atom stereocenters. The Kier molecular flexibility index (Phi) is 10.2. The van der Waals surface area contributed by atoms with Crippen LogP contribution in [0, 0.1) is 0 Å². The highest BCUT2D eigenvalue weighted by molar-refractivity contribution is 8.17. The Morgan fingerprint density at radius 1 is 1.00 bits per heavy atom. The number of rotatable bonds is 8. The molecule has 0 aliphatic heterocycles. The van der Waals surface area contributed by atoms with Gasteiger partial charge in [-0.25, -0.2) is 0 Å². The number of hydrogen-bond acceptors (Lipinski definition) is 5. The van der Waals surface area contributed by atoms with Gasteiger partial charge in [-0.1, -0.05) is 44.3 Å². The lowest BCUT2D eigenvalue weighted by molar-refractivity contribution is -0.120. The van der Waals surface area contributed by atoms with Crippen LogP contribution in [0.25, 0.3) is 0 Å². The molecule has 0 fully saturated rings. The number of hydrogen-bond donors (Lipinski definition) is 1. The molecule has 0 spiro atoms. The first-order valence-corrected chi connectivity index (χ1v) is 8.01. The first-order valence-electron chi connectivity index (χ1n) is 6.15. The SMILES string of the molecule is CCC(=O)NCC(CSC(=O)CC)SC(=O)CC. The molecule has 0 aromatic carbocycles. The summed E-state index contributed by atoms with van der Waals surface area (Å²) in [6, 6.07) is 0. The molecular weight excluding hydrogens is 270 g/mol. The van der Waals surface area contributed by atoms with Gasteiger partial charge in [0.2, 0.25) is 5.91 Å². The van der Waals surface area contributed by atoms with E-state index in [2.05, 4.69) is 5.32 Å². The van der Waals surface area contributed by atoms with Gasteiger partial charge in [-0.05, 0) is 0 Å². The second-order valence-electron chi connectivity index (χ2n) is 3.66. The van der Waals surface area contributed by atoms with Crippen LogP contribution in [0.1, 0.15) is 40.0 Å². The quantitative estimate of drug-likeness (QED) is 0.743. The van der Waals surface area contributed by atoms with E-state index >= 15 is 0 Å². The van der Waals surface area contributed by atoms with Crippen molar-refractivity contribution in [2.75, 3.05) is 12.3 Å². The molecule has 0 aromatic heterocycles. The zero-order valence-corrected chi connectivity index (χ0v) is 12.8. The molecule has 0 aliphatic rings. The smallest absolute Gasteiger partial charge is 0.219 e. The van der Waals surface area contributed by atoms with Gasteiger partial charge in [-0.2, -0.15) is 0 Å². The maximum absolute atomic E-state index is 11.4. The Bertz CT molecular complexity index is 275. The van der Waals surface area contributed by atoms with E-state index in [1.165, 1.54) is 23.5 Å². The second kappa shape index (κ2) is 10.4. The second-order valence-corrected chi connectivity index (χ2v) is 6.09. The standard InChI is InChI=1S/C12H21NO3S2/c1-4-10(14)13-7-9(18-12(16)6-3)8-17-11(15)5-2/h9H,4-8H2,1-3H3,(H,13,14). The van der Waals surface area contributed by atoms with Gasteiger partial charge >= 0.3 is 0 Å². The third-order valence-corrected chi connectivity index (χ3v) is 4.76. The summed E-state index contributed by atoms with van der Waals surface area (Å²) in [5.41, 5.74) is 0. The Hall–Kier alpha value is -0.490. The van der Waals surface area contributed by atoms with Gasteiger partial charge in [0.25, 0.3) is 0 Å². The van der Waals surface area contributed by atoms with Gasteiger partial charge in [-0.3, -0.25) is 14.4 Å². The molecule has 0 saturated carbocycles. The number of thioether (sulfide) groups is 2. The predicted octanol–water partition coefficient (Wildman–Crippen LogP) is 2.22. The maximum Gasteiger partial charge on any atom is 0.219 e. The molecule has 18 heavy (non-hydrogen) atoms. The Morgan fingerprint density at radius 2 is 1.61 bits per heavy atom. The Balaban J connectivity index is 4.19. The summed E-state index contributed by atoms with van der Waals surface area (Å²) in [4.78, 5) is 33.8. The number of carbonyl (C=O) groups excluding carboxylic acids is 3. The minimum absolute atomic E-state index is 0.0311. The molecule has 0 heterocycles. The molecule has 0 aliphatic carbocycles.